The third-order valence-electron chi connectivity index (χ3n) is 2.74. The van der Waals surface area contributed by atoms with Gasteiger partial charge in [-0.05, 0) is 27.3 Å². The van der Waals surface area contributed by atoms with Crippen LogP contribution in [0.5, 0.6) is 0 Å². The molecule has 72 valence electrons. The van der Waals surface area contributed by atoms with Gasteiger partial charge in [0.15, 0.2) is 0 Å². The number of likely N-dealkylation sites (tertiary alicyclic amines) is 1. The van der Waals surface area contributed by atoms with Gasteiger partial charge >= 0.3 is 6.18 Å². The van der Waals surface area contributed by atoms with Crippen LogP contribution in [0.1, 0.15) is 20.3 Å². The molecule has 0 saturated carbocycles. The molecular formula is C8H14F3N. The van der Waals surface area contributed by atoms with E-state index < -0.39 is 12.1 Å². The molecule has 0 aromatic heterocycles. The summed E-state index contributed by atoms with van der Waals surface area (Å²) < 4.78 is 36.8. The average molecular weight is 181 g/mol. The molecule has 1 atom stereocenters. The minimum absolute atomic E-state index is 0.135. The topological polar surface area (TPSA) is 3.24 Å². The summed E-state index contributed by atoms with van der Waals surface area (Å²) in [6, 6.07) is 0. The number of alkyl halides is 3. The first-order chi connectivity index (χ1) is 5.23. The quantitative estimate of drug-likeness (QED) is 0.554. The van der Waals surface area contributed by atoms with Crippen molar-refractivity contribution >= 4 is 0 Å². The van der Waals surface area contributed by atoms with Crippen molar-refractivity contribution in [2.24, 2.45) is 5.92 Å². The van der Waals surface area contributed by atoms with Crippen molar-refractivity contribution in [2.45, 2.75) is 32.0 Å². The summed E-state index contributed by atoms with van der Waals surface area (Å²) >= 11 is 0. The summed E-state index contributed by atoms with van der Waals surface area (Å²) in [6.45, 7) is 3.83. The summed E-state index contributed by atoms with van der Waals surface area (Å²) in [5, 5.41) is 0. The summed E-state index contributed by atoms with van der Waals surface area (Å²) in [5.41, 5.74) is -0.305. The van der Waals surface area contributed by atoms with Crippen molar-refractivity contribution in [3.63, 3.8) is 0 Å². The SMILES string of the molecule is CN1CC(C(F)(F)F)CC1(C)C. The monoisotopic (exact) mass is 181 g/mol. The molecule has 0 aliphatic carbocycles. The summed E-state index contributed by atoms with van der Waals surface area (Å²) in [7, 11) is 1.74. The molecule has 0 spiro atoms. The van der Waals surface area contributed by atoms with E-state index in [-0.39, 0.29) is 18.5 Å². The lowest BCUT2D eigenvalue weighted by molar-refractivity contribution is -0.170. The zero-order valence-corrected chi connectivity index (χ0v) is 7.57. The van der Waals surface area contributed by atoms with Gasteiger partial charge in [-0.2, -0.15) is 13.2 Å². The highest BCUT2D eigenvalue weighted by atomic mass is 19.4. The van der Waals surface area contributed by atoms with Gasteiger partial charge in [-0.1, -0.05) is 0 Å². The Balaban J connectivity index is 2.67. The second kappa shape index (κ2) is 2.62. The van der Waals surface area contributed by atoms with E-state index in [9.17, 15) is 13.2 Å². The van der Waals surface area contributed by atoms with Crippen LogP contribution in [0.25, 0.3) is 0 Å². The second-order valence-corrected chi connectivity index (χ2v) is 4.14. The Morgan fingerprint density at radius 1 is 1.33 bits per heavy atom. The van der Waals surface area contributed by atoms with E-state index in [4.69, 9.17) is 0 Å². The van der Waals surface area contributed by atoms with Gasteiger partial charge in [0, 0.05) is 12.1 Å². The van der Waals surface area contributed by atoms with Crippen LogP contribution >= 0.6 is 0 Å². The number of halogens is 3. The van der Waals surface area contributed by atoms with Crippen molar-refractivity contribution in [1.29, 1.82) is 0 Å². The standard InChI is InChI=1S/C8H14F3N/c1-7(2)4-6(5-12(7)3)8(9,10)11/h6H,4-5H2,1-3H3. The van der Waals surface area contributed by atoms with Gasteiger partial charge in [-0.25, -0.2) is 0 Å². The molecule has 1 fully saturated rings. The number of hydrogen-bond acceptors (Lipinski definition) is 1. The van der Waals surface area contributed by atoms with Gasteiger partial charge in [0.2, 0.25) is 0 Å². The second-order valence-electron chi connectivity index (χ2n) is 4.14. The summed E-state index contributed by atoms with van der Waals surface area (Å²) in [4.78, 5) is 1.77. The van der Waals surface area contributed by atoms with Crippen molar-refractivity contribution in [1.82, 2.24) is 4.90 Å². The summed E-state index contributed by atoms with van der Waals surface area (Å²) in [5.74, 6) is -1.14. The van der Waals surface area contributed by atoms with Crippen LogP contribution in [0.2, 0.25) is 0 Å². The Labute approximate surface area is 70.5 Å². The highest BCUT2D eigenvalue weighted by Gasteiger charge is 2.49. The van der Waals surface area contributed by atoms with Gasteiger partial charge in [0.05, 0.1) is 5.92 Å². The van der Waals surface area contributed by atoms with Gasteiger partial charge in [-0.3, -0.25) is 0 Å². The van der Waals surface area contributed by atoms with E-state index in [1.54, 1.807) is 11.9 Å². The van der Waals surface area contributed by atoms with E-state index in [2.05, 4.69) is 0 Å². The maximum absolute atomic E-state index is 12.3. The molecule has 1 nitrogen and oxygen atoms in total. The molecule has 0 amide bonds. The molecule has 1 aliphatic heterocycles. The lowest BCUT2D eigenvalue weighted by atomic mass is 9.96. The Bertz CT molecular complexity index is 174. The Kier molecular flexibility index (Phi) is 2.15. The molecule has 0 aromatic rings. The number of nitrogens with zero attached hydrogens (tertiary/aromatic N) is 1. The van der Waals surface area contributed by atoms with Crippen LogP contribution in [0.4, 0.5) is 13.2 Å². The minimum atomic E-state index is -4.03. The van der Waals surface area contributed by atoms with Crippen molar-refractivity contribution in [3.05, 3.63) is 0 Å². The van der Waals surface area contributed by atoms with Crippen LogP contribution in [0, 0.1) is 5.92 Å². The molecule has 4 heteroatoms. The lowest BCUT2D eigenvalue weighted by Crippen LogP contribution is -2.34. The molecule has 1 rings (SSSR count). The third kappa shape index (κ3) is 1.73. The fraction of sp³-hybridized carbons (Fsp3) is 1.00. The van der Waals surface area contributed by atoms with E-state index in [1.165, 1.54) is 0 Å². The lowest BCUT2D eigenvalue weighted by Gasteiger charge is -2.26. The molecule has 1 saturated heterocycles. The fourth-order valence-corrected chi connectivity index (χ4v) is 1.62. The third-order valence-corrected chi connectivity index (χ3v) is 2.74. The van der Waals surface area contributed by atoms with Crippen LogP contribution in [-0.2, 0) is 0 Å². The van der Waals surface area contributed by atoms with Crippen LogP contribution in [-0.4, -0.2) is 30.2 Å². The van der Waals surface area contributed by atoms with Gasteiger partial charge in [0.1, 0.15) is 0 Å². The van der Waals surface area contributed by atoms with Crippen molar-refractivity contribution in [2.75, 3.05) is 13.6 Å². The molecule has 0 aromatic carbocycles. The first kappa shape index (κ1) is 9.84. The first-order valence-corrected chi connectivity index (χ1v) is 4.01. The number of hydrogen-bond donors (Lipinski definition) is 0. The van der Waals surface area contributed by atoms with Crippen LogP contribution < -0.4 is 0 Å². The van der Waals surface area contributed by atoms with Gasteiger partial charge in [0.25, 0.3) is 0 Å². The maximum atomic E-state index is 12.3. The molecule has 12 heavy (non-hydrogen) atoms. The Hall–Kier alpha value is -0.250. The first-order valence-electron chi connectivity index (χ1n) is 4.01. The van der Waals surface area contributed by atoms with Crippen molar-refractivity contribution in [3.8, 4) is 0 Å². The molecule has 1 aliphatic rings. The molecule has 1 unspecified atom stereocenters. The Morgan fingerprint density at radius 2 is 1.83 bits per heavy atom. The maximum Gasteiger partial charge on any atom is 0.393 e. The smallest absolute Gasteiger partial charge is 0.301 e. The van der Waals surface area contributed by atoms with E-state index in [0.29, 0.717) is 0 Å². The summed E-state index contributed by atoms with van der Waals surface area (Å²) in [6.07, 6.45) is -3.81. The molecule has 0 bridgehead atoms. The average Bonchev–Trinajstić information content (AvgIpc) is 2.06. The predicted octanol–water partition coefficient (Wildman–Crippen LogP) is 2.28. The van der Waals surface area contributed by atoms with E-state index in [1.807, 2.05) is 13.8 Å². The van der Waals surface area contributed by atoms with Crippen molar-refractivity contribution < 1.29 is 13.2 Å². The Morgan fingerprint density at radius 3 is 2.00 bits per heavy atom. The normalized spacial score (nSPS) is 31.0. The zero-order chi connectivity index (χ0) is 9.57. The van der Waals surface area contributed by atoms with Crippen LogP contribution in [0.3, 0.4) is 0 Å². The molecule has 0 radical (unpaired) electrons. The fourth-order valence-electron chi connectivity index (χ4n) is 1.62. The highest BCUT2D eigenvalue weighted by molar-refractivity contribution is 4.93. The van der Waals surface area contributed by atoms with E-state index in [0.717, 1.165) is 0 Å². The van der Waals surface area contributed by atoms with E-state index >= 15 is 0 Å². The van der Waals surface area contributed by atoms with Crippen LogP contribution in [0.15, 0.2) is 0 Å². The van der Waals surface area contributed by atoms with Gasteiger partial charge < -0.3 is 4.90 Å². The largest absolute Gasteiger partial charge is 0.393 e. The highest BCUT2D eigenvalue weighted by Crippen LogP contribution is 2.40. The zero-order valence-electron chi connectivity index (χ0n) is 7.57. The molecule has 1 heterocycles. The molecule has 0 N–H and O–H groups in total. The minimum Gasteiger partial charge on any atom is -0.301 e. The van der Waals surface area contributed by atoms with Gasteiger partial charge in [-0.15, -0.1) is 0 Å². The number of rotatable bonds is 0. The predicted molar refractivity (Wildman–Crippen MR) is 40.9 cm³/mol. The molecular weight excluding hydrogens is 167 g/mol.